The monoisotopic (exact) mass is 474 g/mol. The molecule has 0 radical (unpaired) electrons. The molecular formula is C29H52N3O2+. The van der Waals surface area contributed by atoms with E-state index in [9.17, 15) is 4.79 Å². The number of hydrogen-bond donors (Lipinski definition) is 0. The van der Waals surface area contributed by atoms with E-state index in [1.54, 1.807) is 0 Å². The Labute approximate surface area is 210 Å². The van der Waals surface area contributed by atoms with E-state index in [1.807, 2.05) is 0 Å². The van der Waals surface area contributed by atoms with Crippen LogP contribution in [0.1, 0.15) is 93.2 Å². The third-order valence-electron chi connectivity index (χ3n) is 8.27. The Morgan fingerprint density at radius 1 is 0.912 bits per heavy atom. The molecule has 5 heteroatoms. The van der Waals surface area contributed by atoms with E-state index in [0.29, 0.717) is 13.2 Å². The van der Waals surface area contributed by atoms with Gasteiger partial charge < -0.3 is 9.38 Å². The molecule has 1 aliphatic rings. The van der Waals surface area contributed by atoms with Crippen LogP contribution >= 0.6 is 0 Å². The molecule has 0 aromatic heterocycles. The molecule has 0 unspecified atom stereocenters. The molecule has 1 amide bonds. The molecule has 2 rings (SSSR count). The molecule has 0 saturated carbocycles. The van der Waals surface area contributed by atoms with E-state index in [0.717, 1.165) is 49.9 Å². The average molecular weight is 475 g/mol. The van der Waals surface area contributed by atoms with Crippen molar-refractivity contribution >= 4 is 5.91 Å². The summed E-state index contributed by atoms with van der Waals surface area (Å²) in [6.45, 7) is 27.7. The highest BCUT2D eigenvalue weighted by molar-refractivity contribution is 5.88. The molecule has 1 saturated heterocycles. The second kappa shape index (κ2) is 11.1. The van der Waals surface area contributed by atoms with Crippen LogP contribution in [-0.2, 0) is 22.6 Å². The van der Waals surface area contributed by atoms with Crippen LogP contribution in [0.25, 0.3) is 0 Å². The molecule has 1 heterocycles. The Bertz CT molecular complexity index is 778. The van der Waals surface area contributed by atoms with Gasteiger partial charge in [0.05, 0.1) is 31.8 Å². The number of rotatable bonds is 11. The minimum atomic E-state index is -0.624. The molecule has 1 fully saturated rings. The van der Waals surface area contributed by atoms with Crippen LogP contribution in [0.3, 0.4) is 0 Å². The minimum absolute atomic E-state index is 0.193. The summed E-state index contributed by atoms with van der Waals surface area (Å²) < 4.78 is 1.13. The number of hydrogen-bond acceptors (Lipinski definition) is 3. The fourth-order valence-electron chi connectivity index (χ4n) is 5.58. The Hall–Kier alpha value is -1.43. The van der Waals surface area contributed by atoms with Gasteiger partial charge in [-0.05, 0) is 80.2 Å². The predicted octanol–water partition coefficient (Wildman–Crippen LogP) is 5.82. The molecule has 1 aliphatic heterocycles. The molecule has 1 aromatic carbocycles. The molecular weight excluding hydrogens is 422 g/mol. The molecule has 0 spiro atoms. The van der Waals surface area contributed by atoms with Crippen LogP contribution in [-0.4, -0.2) is 69.8 Å². The summed E-state index contributed by atoms with van der Waals surface area (Å²) in [6.07, 6.45) is 2.31. The summed E-state index contributed by atoms with van der Waals surface area (Å²) in [4.78, 5) is 22.2. The van der Waals surface area contributed by atoms with Gasteiger partial charge in [0, 0.05) is 17.6 Å². The van der Waals surface area contributed by atoms with Crippen LogP contribution in [0.4, 0.5) is 0 Å². The Morgan fingerprint density at radius 3 is 1.85 bits per heavy atom. The minimum Gasteiger partial charge on any atom is -0.334 e. The molecule has 0 aliphatic carbocycles. The SMILES string of the molecule is CCC1(CC)C(=O)N(C(C)(C)C)CC(C)(C)N1OCCc1ccc(C[N+](CC)(CC)CC)cc1. The van der Waals surface area contributed by atoms with Crippen molar-refractivity contribution in [2.24, 2.45) is 0 Å². The van der Waals surface area contributed by atoms with Crippen LogP contribution in [0.15, 0.2) is 24.3 Å². The fourth-order valence-corrected chi connectivity index (χ4v) is 5.58. The second-order valence-electron chi connectivity index (χ2n) is 11.8. The summed E-state index contributed by atoms with van der Waals surface area (Å²) in [7, 11) is 0. The maximum absolute atomic E-state index is 13.7. The molecule has 0 atom stereocenters. The standard InChI is InChI=1S/C29H52N3O2/c1-11-29(12-2)26(33)30(27(6,7)8)23-28(9,10)31(29)34-21-20-24-16-18-25(19-17-24)22-32(13-3,14-4)15-5/h16-19H,11-15,20-23H2,1-10H3/q+1. The summed E-state index contributed by atoms with van der Waals surface area (Å²) in [5.74, 6) is 0.193. The quantitative estimate of drug-likeness (QED) is 0.379. The lowest BCUT2D eigenvalue weighted by atomic mass is 9.80. The fraction of sp³-hybridized carbons (Fsp3) is 0.759. The maximum atomic E-state index is 13.7. The molecule has 0 N–H and O–H groups in total. The van der Waals surface area contributed by atoms with Gasteiger partial charge in [0.25, 0.3) is 0 Å². The summed E-state index contributed by atoms with van der Waals surface area (Å²) in [5, 5.41) is 2.05. The smallest absolute Gasteiger partial charge is 0.245 e. The zero-order valence-corrected chi connectivity index (χ0v) is 23.8. The topological polar surface area (TPSA) is 32.8 Å². The zero-order valence-electron chi connectivity index (χ0n) is 23.8. The molecule has 0 bridgehead atoms. The van der Waals surface area contributed by atoms with Crippen LogP contribution in [0, 0.1) is 0 Å². The van der Waals surface area contributed by atoms with E-state index in [2.05, 4.69) is 103 Å². The van der Waals surface area contributed by atoms with E-state index in [-0.39, 0.29) is 17.0 Å². The summed E-state index contributed by atoms with van der Waals surface area (Å²) in [5.41, 5.74) is 1.58. The summed E-state index contributed by atoms with van der Waals surface area (Å²) >= 11 is 0. The van der Waals surface area contributed by atoms with E-state index >= 15 is 0 Å². The number of quaternary nitrogens is 1. The Kier molecular flexibility index (Phi) is 9.40. The number of piperazine rings is 1. The van der Waals surface area contributed by atoms with Crippen molar-refractivity contribution in [1.29, 1.82) is 0 Å². The van der Waals surface area contributed by atoms with Gasteiger partial charge in [0.2, 0.25) is 5.91 Å². The van der Waals surface area contributed by atoms with Crippen molar-refractivity contribution in [2.75, 3.05) is 32.8 Å². The highest BCUT2D eigenvalue weighted by Crippen LogP contribution is 2.40. The van der Waals surface area contributed by atoms with E-state index < -0.39 is 5.54 Å². The van der Waals surface area contributed by atoms with Gasteiger partial charge in [-0.25, -0.2) is 0 Å². The van der Waals surface area contributed by atoms with Crippen molar-refractivity contribution < 1.29 is 14.1 Å². The zero-order chi connectivity index (χ0) is 25.8. The third-order valence-corrected chi connectivity index (χ3v) is 8.27. The van der Waals surface area contributed by atoms with E-state index in [1.165, 1.54) is 11.1 Å². The average Bonchev–Trinajstić information content (AvgIpc) is 2.80. The third kappa shape index (κ3) is 5.85. The van der Waals surface area contributed by atoms with Crippen molar-refractivity contribution in [1.82, 2.24) is 9.96 Å². The summed E-state index contributed by atoms with van der Waals surface area (Å²) in [6, 6.07) is 9.05. The van der Waals surface area contributed by atoms with Gasteiger partial charge in [-0.3, -0.25) is 9.63 Å². The van der Waals surface area contributed by atoms with Crippen LogP contribution < -0.4 is 0 Å². The molecule has 1 aromatic rings. The number of amides is 1. The van der Waals surface area contributed by atoms with Crippen LogP contribution in [0.5, 0.6) is 0 Å². The van der Waals surface area contributed by atoms with Gasteiger partial charge in [-0.2, -0.15) is 5.06 Å². The van der Waals surface area contributed by atoms with Crippen molar-refractivity contribution in [3.05, 3.63) is 35.4 Å². The first-order valence-electron chi connectivity index (χ1n) is 13.5. The van der Waals surface area contributed by atoms with E-state index in [4.69, 9.17) is 4.84 Å². The van der Waals surface area contributed by atoms with Crippen LogP contribution in [0.2, 0.25) is 0 Å². The van der Waals surface area contributed by atoms with Gasteiger partial charge >= 0.3 is 0 Å². The first-order chi connectivity index (χ1) is 15.8. The predicted molar refractivity (Wildman–Crippen MR) is 142 cm³/mol. The highest BCUT2D eigenvalue weighted by atomic mass is 16.7. The normalized spacial score (nSPS) is 19.0. The largest absolute Gasteiger partial charge is 0.334 e. The lowest BCUT2D eigenvalue weighted by Crippen LogP contribution is -2.75. The molecule has 5 nitrogen and oxygen atoms in total. The van der Waals surface area contributed by atoms with Gasteiger partial charge in [0.15, 0.2) is 0 Å². The lowest BCUT2D eigenvalue weighted by molar-refractivity contribution is -0.936. The van der Waals surface area contributed by atoms with Crippen molar-refractivity contribution in [3.63, 3.8) is 0 Å². The van der Waals surface area contributed by atoms with Crippen molar-refractivity contribution in [2.45, 2.75) is 112 Å². The number of nitrogens with zero attached hydrogens (tertiary/aromatic N) is 3. The molecule has 34 heavy (non-hydrogen) atoms. The van der Waals surface area contributed by atoms with Crippen molar-refractivity contribution in [3.8, 4) is 0 Å². The first kappa shape index (κ1) is 28.8. The first-order valence-corrected chi connectivity index (χ1v) is 13.5. The maximum Gasteiger partial charge on any atom is 0.245 e. The highest BCUT2D eigenvalue weighted by Gasteiger charge is 2.56. The Morgan fingerprint density at radius 2 is 1.41 bits per heavy atom. The number of carbonyl (C=O) groups is 1. The lowest BCUT2D eigenvalue weighted by Gasteiger charge is -2.58. The number of hydroxylamine groups is 2. The Balaban J connectivity index is 2.12. The van der Waals surface area contributed by atoms with Gasteiger partial charge in [-0.1, -0.05) is 38.1 Å². The number of carbonyl (C=O) groups excluding carboxylic acids is 1. The second-order valence-corrected chi connectivity index (χ2v) is 11.8. The van der Waals surface area contributed by atoms with Gasteiger partial charge in [-0.15, -0.1) is 0 Å². The number of benzene rings is 1. The molecule has 194 valence electrons. The van der Waals surface area contributed by atoms with Gasteiger partial charge in [0.1, 0.15) is 12.1 Å².